The number of nitrogens with zero attached hydrogens (tertiary/aromatic N) is 2. The number of hydrogen-bond acceptors (Lipinski definition) is 3. The smallest absolute Gasteiger partial charge is 0.319 e. The van der Waals surface area contributed by atoms with Gasteiger partial charge in [0, 0.05) is 4.47 Å². The second kappa shape index (κ2) is 6.10. The van der Waals surface area contributed by atoms with E-state index in [9.17, 15) is 9.59 Å². The van der Waals surface area contributed by atoms with Crippen LogP contribution in [0.15, 0.2) is 53.0 Å². The molecular weight excluding hydrogens is 370 g/mol. The van der Waals surface area contributed by atoms with Gasteiger partial charge in [-0.05, 0) is 42.3 Å². The third kappa shape index (κ3) is 2.79. The number of imide groups is 1. The fraction of sp³-hybridized carbons (Fsp3) is 0.167. The molecule has 2 aromatic carbocycles. The summed E-state index contributed by atoms with van der Waals surface area (Å²) >= 11 is 3.36. The molecule has 3 rings (SSSR count). The summed E-state index contributed by atoms with van der Waals surface area (Å²) in [4.78, 5) is 26.3. The van der Waals surface area contributed by atoms with Crippen LogP contribution in [0.4, 0.5) is 4.79 Å². The zero-order valence-electron chi connectivity index (χ0n) is 12.9. The Balaban J connectivity index is 1.87. The van der Waals surface area contributed by atoms with Crippen LogP contribution in [0.3, 0.4) is 0 Å². The number of carbonyl (C=O) groups is 2. The highest BCUT2D eigenvalue weighted by Gasteiger charge is 2.48. The minimum absolute atomic E-state index is 0.212. The lowest BCUT2D eigenvalue weighted by molar-refractivity contribution is -0.131. The van der Waals surface area contributed by atoms with Gasteiger partial charge in [0.05, 0.1) is 18.2 Å². The van der Waals surface area contributed by atoms with Crippen LogP contribution in [0.2, 0.25) is 0 Å². The van der Waals surface area contributed by atoms with Crippen LogP contribution in [0.25, 0.3) is 0 Å². The first-order valence-corrected chi connectivity index (χ1v) is 8.12. The summed E-state index contributed by atoms with van der Waals surface area (Å²) in [6.45, 7) is 1.89. The molecule has 0 saturated carbocycles. The van der Waals surface area contributed by atoms with Crippen molar-refractivity contribution in [1.82, 2.24) is 10.2 Å². The van der Waals surface area contributed by atoms with Gasteiger partial charge in [0.1, 0.15) is 5.54 Å². The van der Waals surface area contributed by atoms with Crippen molar-refractivity contribution in [3.05, 3.63) is 69.7 Å². The van der Waals surface area contributed by atoms with Crippen LogP contribution in [0.5, 0.6) is 0 Å². The van der Waals surface area contributed by atoms with Gasteiger partial charge >= 0.3 is 6.03 Å². The van der Waals surface area contributed by atoms with Gasteiger partial charge in [-0.2, -0.15) is 5.26 Å². The van der Waals surface area contributed by atoms with E-state index in [4.69, 9.17) is 5.26 Å². The van der Waals surface area contributed by atoms with Crippen molar-refractivity contribution >= 4 is 27.9 Å². The molecular formula is C18H14BrN3O2. The Morgan fingerprint density at radius 3 is 2.33 bits per heavy atom. The molecule has 1 atom stereocenters. The van der Waals surface area contributed by atoms with Crippen LogP contribution < -0.4 is 5.32 Å². The molecule has 120 valence electrons. The predicted molar refractivity (Wildman–Crippen MR) is 91.7 cm³/mol. The van der Waals surface area contributed by atoms with Crippen molar-refractivity contribution in [2.24, 2.45) is 0 Å². The largest absolute Gasteiger partial charge is 0.325 e. The average molecular weight is 384 g/mol. The van der Waals surface area contributed by atoms with Crippen molar-refractivity contribution in [2.45, 2.75) is 19.0 Å². The van der Waals surface area contributed by atoms with E-state index in [2.05, 4.69) is 21.2 Å². The maximum atomic E-state index is 12.8. The Hall–Kier alpha value is -2.65. The number of benzene rings is 2. The summed E-state index contributed by atoms with van der Waals surface area (Å²) < 4.78 is 0.936. The van der Waals surface area contributed by atoms with Crippen LogP contribution in [0.1, 0.15) is 23.6 Å². The molecule has 2 aromatic rings. The Labute approximate surface area is 148 Å². The molecule has 6 heteroatoms. The lowest BCUT2D eigenvalue weighted by Crippen LogP contribution is -2.40. The van der Waals surface area contributed by atoms with E-state index < -0.39 is 11.6 Å². The Morgan fingerprint density at radius 2 is 1.75 bits per heavy atom. The summed E-state index contributed by atoms with van der Waals surface area (Å²) in [5, 5.41) is 11.6. The van der Waals surface area contributed by atoms with Gasteiger partial charge in [0.2, 0.25) is 0 Å². The predicted octanol–water partition coefficient (Wildman–Crippen LogP) is 3.29. The minimum Gasteiger partial charge on any atom is -0.319 e. The summed E-state index contributed by atoms with van der Waals surface area (Å²) in [6.07, 6.45) is 0. The molecule has 3 amide bonds. The standard InChI is InChI=1S/C18H14BrN3O2/c1-18(14-6-2-12(10-20)3-7-14)16(23)22(17(24)21-18)11-13-4-8-15(19)9-5-13/h2-9H,11H2,1H3,(H,21,24)/t18-/m1/s1. The third-order valence-corrected chi connectivity index (χ3v) is 4.65. The maximum Gasteiger partial charge on any atom is 0.325 e. The van der Waals surface area contributed by atoms with Gasteiger partial charge in [-0.3, -0.25) is 9.69 Å². The first-order chi connectivity index (χ1) is 11.4. The molecule has 0 aromatic heterocycles. The summed E-state index contributed by atoms with van der Waals surface area (Å²) in [7, 11) is 0. The molecule has 0 aliphatic carbocycles. The molecule has 1 fully saturated rings. The number of carbonyl (C=O) groups excluding carboxylic acids is 2. The summed E-state index contributed by atoms with van der Waals surface area (Å²) in [5.74, 6) is -0.305. The Morgan fingerprint density at radius 1 is 1.12 bits per heavy atom. The molecule has 0 bridgehead atoms. The number of halogens is 1. The molecule has 1 aliphatic heterocycles. The summed E-state index contributed by atoms with van der Waals surface area (Å²) in [5.41, 5.74) is 0.898. The molecule has 0 spiro atoms. The maximum absolute atomic E-state index is 12.8. The van der Waals surface area contributed by atoms with E-state index >= 15 is 0 Å². The Bertz CT molecular complexity index is 840. The second-order valence-corrected chi connectivity index (χ2v) is 6.68. The molecule has 1 N–H and O–H groups in total. The molecule has 24 heavy (non-hydrogen) atoms. The zero-order valence-corrected chi connectivity index (χ0v) is 14.5. The summed E-state index contributed by atoms with van der Waals surface area (Å²) in [6, 6.07) is 15.7. The van der Waals surface area contributed by atoms with Gasteiger partial charge in [-0.1, -0.05) is 40.2 Å². The van der Waals surface area contributed by atoms with Gasteiger partial charge in [0.25, 0.3) is 5.91 Å². The number of amides is 3. The van der Waals surface area contributed by atoms with Gasteiger partial charge in [-0.15, -0.1) is 0 Å². The number of urea groups is 1. The lowest BCUT2D eigenvalue weighted by atomic mass is 9.91. The molecule has 1 saturated heterocycles. The average Bonchev–Trinajstić information content (AvgIpc) is 2.81. The van der Waals surface area contributed by atoms with Crippen molar-refractivity contribution in [1.29, 1.82) is 5.26 Å². The van der Waals surface area contributed by atoms with E-state index in [1.807, 2.05) is 30.3 Å². The third-order valence-electron chi connectivity index (χ3n) is 4.12. The monoisotopic (exact) mass is 383 g/mol. The normalized spacial score (nSPS) is 20.0. The fourth-order valence-corrected chi connectivity index (χ4v) is 2.95. The quantitative estimate of drug-likeness (QED) is 0.826. The van der Waals surface area contributed by atoms with Crippen molar-refractivity contribution < 1.29 is 9.59 Å². The van der Waals surface area contributed by atoms with Crippen LogP contribution in [-0.2, 0) is 16.9 Å². The van der Waals surface area contributed by atoms with Crippen LogP contribution in [0, 0.1) is 11.3 Å². The minimum atomic E-state index is -1.12. The molecule has 0 radical (unpaired) electrons. The van der Waals surface area contributed by atoms with E-state index in [0.29, 0.717) is 11.1 Å². The lowest BCUT2D eigenvalue weighted by Gasteiger charge is -2.22. The van der Waals surface area contributed by atoms with Crippen LogP contribution in [-0.4, -0.2) is 16.8 Å². The topological polar surface area (TPSA) is 73.2 Å². The van der Waals surface area contributed by atoms with Crippen molar-refractivity contribution in [2.75, 3.05) is 0 Å². The SMILES string of the molecule is C[C@]1(c2ccc(C#N)cc2)NC(=O)N(Cc2ccc(Br)cc2)C1=O. The van der Waals surface area contributed by atoms with E-state index in [1.54, 1.807) is 31.2 Å². The van der Waals surface area contributed by atoms with Gasteiger partial charge in [0.15, 0.2) is 0 Å². The second-order valence-electron chi connectivity index (χ2n) is 5.76. The number of hydrogen-bond donors (Lipinski definition) is 1. The van der Waals surface area contributed by atoms with Crippen molar-refractivity contribution in [3.8, 4) is 6.07 Å². The van der Waals surface area contributed by atoms with E-state index in [0.717, 1.165) is 10.0 Å². The first-order valence-electron chi connectivity index (χ1n) is 7.33. The van der Waals surface area contributed by atoms with Gasteiger partial charge < -0.3 is 5.32 Å². The van der Waals surface area contributed by atoms with Crippen LogP contribution >= 0.6 is 15.9 Å². The number of nitriles is 1. The first kappa shape index (κ1) is 16.2. The van der Waals surface area contributed by atoms with Crippen molar-refractivity contribution in [3.63, 3.8) is 0 Å². The van der Waals surface area contributed by atoms with E-state index in [-0.39, 0.29) is 12.5 Å². The zero-order chi connectivity index (χ0) is 17.3. The number of nitrogens with one attached hydrogen (secondary N) is 1. The van der Waals surface area contributed by atoms with Gasteiger partial charge in [-0.25, -0.2) is 4.79 Å². The molecule has 1 heterocycles. The van der Waals surface area contributed by atoms with E-state index in [1.165, 1.54) is 4.90 Å². The fourth-order valence-electron chi connectivity index (χ4n) is 2.69. The highest BCUT2D eigenvalue weighted by molar-refractivity contribution is 9.10. The number of rotatable bonds is 3. The molecule has 5 nitrogen and oxygen atoms in total. The highest BCUT2D eigenvalue weighted by Crippen LogP contribution is 2.30. The highest BCUT2D eigenvalue weighted by atomic mass is 79.9. The molecule has 1 aliphatic rings. The Kier molecular flexibility index (Phi) is 4.12. The molecule has 0 unspecified atom stereocenters.